The molecule has 4 nitrogen and oxygen atoms in total. The number of rotatable bonds is 4. The quantitative estimate of drug-likeness (QED) is 0.629. The first kappa shape index (κ1) is 11.1. The van der Waals surface area contributed by atoms with Crippen molar-refractivity contribution >= 4 is 7.44 Å². The van der Waals surface area contributed by atoms with Gasteiger partial charge in [0, 0.05) is 12.7 Å². The minimum Gasteiger partial charge on any atom is -0.330 e. The fourth-order valence-corrected chi connectivity index (χ4v) is 2.78. The summed E-state index contributed by atoms with van der Waals surface area (Å²) < 4.78 is 15.5. The van der Waals surface area contributed by atoms with Crippen molar-refractivity contribution in [3.63, 3.8) is 0 Å². The van der Waals surface area contributed by atoms with Crippen LogP contribution < -0.4 is 5.73 Å². The summed E-state index contributed by atoms with van der Waals surface area (Å²) in [7, 11) is 4.94. The average Bonchev–Trinajstić information content (AvgIpc) is 1.87. The molecule has 0 unspecified atom stereocenters. The third-order valence-corrected chi connectivity index (χ3v) is 5.01. The first-order valence-electron chi connectivity index (χ1n) is 3.60. The molecule has 0 bridgehead atoms. The van der Waals surface area contributed by atoms with Crippen molar-refractivity contribution in [2.24, 2.45) is 5.73 Å². The third-order valence-electron chi connectivity index (χ3n) is 1.67. The first-order chi connectivity index (χ1) is 4.95. The zero-order valence-corrected chi connectivity index (χ0v) is 8.64. The Balaban J connectivity index is 4.40. The van der Waals surface area contributed by atoms with Gasteiger partial charge in [-0.15, -0.1) is 0 Å². The van der Waals surface area contributed by atoms with Gasteiger partial charge in [0.25, 0.3) is 0 Å². The molecule has 2 N–H and O–H groups in total. The van der Waals surface area contributed by atoms with E-state index < -0.39 is 7.44 Å². The zero-order valence-electron chi connectivity index (χ0n) is 7.74. The Labute approximate surface area is 68.8 Å². The summed E-state index contributed by atoms with van der Waals surface area (Å²) in [4.78, 5) is 0. The molecule has 68 valence electrons. The van der Waals surface area contributed by atoms with Crippen LogP contribution in [0.25, 0.3) is 0 Å². The smallest absolute Gasteiger partial charge is 0.216 e. The number of nitrogens with two attached hydrogens (primary N) is 1. The van der Waals surface area contributed by atoms with Gasteiger partial charge in [-0.3, -0.25) is 4.57 Å². The van der Waals surface area contributed by atoms with Crippen LogP contribution in [0.2, 0.25) is 0 Å². The van der Waals surface area contributed by atoms with Gasteiger partial charge in [-0.1, -0.05) is 0 Å². The average molecular weight is 179 g/mol. The molecule has 0 amide bonds. The van der Waals surface area contributed by atoms with E-state index in [-0.39, 0.29) is 0 Å². The third kappa shape index (κ3) is 2.56. The monoisotopic (exact) mass is 179 g/mol. The first-order valence-corrected chi connectivity index (χ1v) is 5.39. The molecule has 0 rings (SSSR count). The molecular formula is C6H18N3OP. The van der Waals surface area contributed by atoms with E-state index >= 15 is 0 Å². The molecule has 0 aromatic heterocycles. The summed E-state index contributed by atoms with van der Waals surface area (Å²) in [5.74, 6) is 0. The highest BCUT2D eigenvalue weighted by atomic mass is 31.2. The lowest BCUT2D eigenvalue weighted by Crippen LogP contribution is -2.25. The summed E-state index contributed by atoms with van der Waals surface area (Å²) >= 11 is 0. The Hall–Kier alpha value is 0.110. The number of hydrogen-bond donors (Lipinski definition) is 1. The SMILES string of the molecule is CN(C)P(=O)(CCN)N(C)C. The lowest BCUT2D eigenvalue weighted by molar-refractivity contribution is 0.448. The van der Waals surface area contributed by atoms with Gasteiger partial charge in [0.2, 0.25) is 7.44 Å². The van der Waals surface area contributed by atoms with Crippen molar-refractivity contribution in [3.8, 4) is 0 Å². The lowest BCUT2D eigenvalue weighted by Gasteiger charge is -2.30. The van der Waals surface area contributed by atoms with E-state index in [0.717, 1.165) is 0 Å². The van der Waals surface area contributed by atoms with Crippen LogP contribution in [0.4, 0.5) is 0 Å². The van der Waals surface area contributed by atoms with Crippen LogP contribution in [-0.4, -0.2) is 50.2 Å². The number of hydrogen-bond acceptors (Lipinski definition) is 2. The van der Waals surface area contributed by atoms with Crippen molar-refractivity contribution in [3.05, 3.63) is 0 Å². The van der Waals surface area contributed by atoms with Crippen molar-refractivity contribution in [1.29, 1.82) is 0 Å². The Bertz CT molecular complexity index is 146. The molecule has 5 heteroatoms. The van der Waals surface area contributed by atoms with Gasteiger partial charge in [-0.05, 0) is 28.2 Å². The highest BCUT2D eigenvalue weighted by molar-refractivity contribution is 7.59. The predicted octanol–water partition coefficient (Wildman–Crippen LogP) is 0.261. The zero-order chi connectivity index (χ0) is 9.07. The van der Waals surface area contributed by atoms with E-state index in [0.29, 0.717) is 12.7 Å². The molecule has 11 heavy (non-hydrogen) atoms. The van der Waals surface area contributed by atoms with Crippen LogP contribution in [0, 0.1) is 0 Å². The van der Waals surface area contributed by atoms with Crippen LogP contribution in [0.15, 0.2) is 0 Å². The molecule has 0 aromatic rings. The Morgan fingerprint density at radius 1 is 1.18 bits per heavy atom. The van der Waals surface area contributed by atoms with E-state index in [4.69, 9.17) is 5.73 Å². The molecule has 0 aliphatic carbocycles. The van der Waals surface area contributed by atoms with Gasteiger partial charge in [0.05, 0.1) is 0 Å². The minimum atomic E-state index is -2.32. The van der Waals surface area contributed by atoms with E-state index in [1.807, 2.05) is 28.2 Å². The van der Waals surface area contributed by atoms with Crippen molar-refractivity contribution < 1.29 is 4.57 Å². The van der Waals surface area contributed by atoms with Crippen molar-refractivity contribution in [2.75, 3.05) is 40.9 Å². The van der Waals surface area contributed by atoms with E-state index in [2.05, 4.69) is 0 Å². The van der Waals surface area contributed by atoms with Gasteiger partial charge in [-0.2, -0.15) is 0 Å². The highest BCUT2D eigenvalue weighted by Crippen LogP contribution is 2.48. The maximum atomic E-state index is 12.0. The van der Waals surface area contributed by atoms with Crippen LogP contribution >= 0.6 is 7.44 Å². The Kier molecular flexibility index (Phi) is 4.26. The molecule has 0 saturated heterocycles. The van der Waals surface area contributed by atoms with Crippen LogP contribution in [0.5, 0.6) is 0 Å². The van der Waals surface area contributed by atoms with Gasteiger partial charge in [0.15, 0.2) is 0 Å². The van der Waals surface area contributed by atoms with Gasteiger partial charge >= 0.3 is 0 Å². The van der Waals surface area contributed by atoms with Gasteiger partial charge in [-0.25, -0.2) is 9.34 Å². The second-order valence-electron chi connectivity index (χ2n) is 2.87. The summed E-state index contributed by atoms with van der Waals surface area (Å²) in [6.45, 7) is 0.466. The van der Waals surface area contributed by atoms with Gasteiger partial charge in [0.1, 0.15) is 0 Å². The minimum absolute atomic E-state index is 0.466. The number of nitrogens with zero attached hydrogens (tertiary/aromatic N) is 2. The molecule has 0 heterocycles. The molecule has 0 aliphatic heterocycles. The fraction of sp³-hybridized carbons (Fsp3) is 1.00. The maximum absolute atomic E-state index is 12.0. The summed E-state index contributed by atoms with van der Waals surface area (Å²) in [6, 6.07) is 0. The van der Waals surface area contributed by atoms with Crippen LogP contribution in [-0.2, 0) is 4.57 Å². The van der Waals surface area contributed by atoms with E-state index in [1.165, 1.54) is 0 Å². The van der Waals surface area contributed by atoms with E-state index in [1.54, 1.807) is 9.34 Å². The van der Waals surface area contributed by atoms with Gasteiger partial charge < -0.3 is 5.73 Å². The molecule has 0 saturated carbocycles. The molecule has 0 aliphatic rings. The highest BCUT2D eigenvalue weighted by Gasteiger charge is 2.26. The normalized spacial score (nSPS) is 13.0. The second-order valence-corrected chi connectivity index (χ2v) is 6.25. The predicted molar refractivity (Wildman–Crippen MR) is 48.9 cm³/mol. The fourth-order valence-electron chi connectivity index (χ4n) is 0.926. The van der Waals surface area contributed by atoms with Crippen molar-refractivity contribution in [1.82, 2.24) is 9.34 Å². The summed E-state index contributed by atoms with van der Waals surface area (Å²) in [5.41, 5.74) is 5.36. The molecule has 0 spiro atoms. The lowest BCUT2D eigenvalue weighted by atomic mass is 10.8. The molecule has 0 aromatic carbocycles. The van der Waals surface area contributed by atoms with Crippen molar-refractivity contribution in [2.45, 2.75) is 0 Å². The summed E-state index contributed by atoms with van der Waals surface area (Å²) in [6.07, 6.45) is 0.549. The molecule has 0 fully saturated rings. The van der Waals surface area contributed by atoms with Crippen LogP contribution in [0.1, 0.15) is 0 Å². The largest absolute Gasteiger partial charge is 0.330 e. The van der Waals surface area contributed by atoms with Crippen LogP contribution in [0.3, 0.4) is 0 Å². The topological polar surface area (TPSA) is 49.6 Å². The molecule has 0 radical (unpaired) electrons. The second kappa shape index (κ2) is 4.21. The Morgan fingerprint density at radius 2 is 1.55 bits per heavy atom. The maximum Gasteiger partial charge on any atom is 0.216 e. The Morgan fingerprint density at radius 3 is 1.64 bits per heavy atom. The van der Waals surface area contributed by atoms with E-state index in [9.17, 15) is 4.57 Å². The standard InChI is InChI=1S/C6H18N3OP/c1-8(2)11(10,6-5-7)9(3)4/h5-7H2,1-4H3. The summed E-state index contributed by atoms with van der Waals surface area (Å²) in [5, 5.41) is 0. The molecule has 0 atom stereocenters. The molecular weight excluding hydrogens is 161 g/mol.